The van der Waals surface area contributed by atoms with E-state index < -0.39 is 18.0 Å². The first-order valence-corrected chi connectivity index (χ1v) is 8.02. The first-order chi connectivity index (χ1) is 10.9. The highest BCUT2D eigenvalue weighted by atomic mass is 16.4. The average Bonchev–Trinajstić information content (AvgIpc) is 3.02. The summed E-state index contributed by atoms with van der Waals surface area (Å²) in [6.07, 6.45) is 0.951. The number of hydrogen-bond donors (Lipinski definition) is 2. The largest absolute Gasteiger partial charge is 0.477 e. The van der Waals surface area contributed by atoms with E-state index in [4.69, 9.17) is 0 Å². The molecule has 3 rings (SSSR count). The summed E-state index contributed by atoms with van der Waals surface area (Å²) >= 11 is 0. The third-order valence-corrected chi connectivity index (χ3v) is 5.41. The Morgan fingerprint density at radius 3 is 2.70 bits per heavy atom. The van der Waals surface area contributed by atoms with Crippen molar-refractivity contribution in [2.24, 2.45) is 17.8 Å². The van der Waals surface area contributed by atoms with E-state index in [2.05, 4.69) is 4.90 Å². The standard InChI is InChI=1S/C16H22N2O5/c1-8-11(6-17-4-3-10(5-17)7-19)14(16(22)23)18-13(8)12(9(2)20)15(18)21/h7-10,12-13,20H,3-6H2,1-2H3,(H,22,23)/t8-,9+,10-,12?,13?/m0/s1. The number of aldehydes is 1. The number of aliphatic hydroxyl groups is 1. The van der Waals surface area contributed by atoms with Crippen LogP contribution in [-0.2, 0) is 14.4 Å². The number of aliphatic hydroxyl groups excluding tert-OH is 1. The van der Waals surface area contributed by atoms with Gasteiger partial charge in [0, 0.05) is 24.9 Å². The lowest BCUT2D eigenvalue weighted by atomic mass is 9.77. The molecule has 0 radical (unpaired) electrons. The molecule has 0 spiro atoms. The third-order valence-electron chi connectivity index (χ3n) is 5.41. The number of carboxylic acid groups (broad SMARTS) is 1. The van der Waals surface area contributed by atoms with Gasteiger partial charge in [0.2, 0.25) is 5.91 Å². The molecule has 0 bridgehead atoms. The van der Waals surface area contributed by atoms with Crippen LogP contribution >= 0.6 is 0 Å². The molecule has 0 saturated carbocycles. The van der Waals surface area contributed by atoms with Gasteiger partial charge in [0.25, 0.3) is 0 Å². The lowest BCUT2D eigenvalue weighted by Gasteiger charge is -2.46. The second-order valence-electron chi connectivity index (χ2n) is 6.85. The van der Waals surface area contributed by atoms with Gasteiger partial charge < -0.3 is 19.9 Å². The van der Waals surface area contributed by atoms with E-state index in [1.807, 2.05) is 6.92 Å². The number of carbonyl (C=O) groups excluding carboxylic acids is 2. The minimum Gasteiger partial charge on any atom is -0.477 e. The monoisotopic (exact) mass is 322 g/mol. The normalized spacial score (nSPS) is 35.3. The molecule has 23 heavy (non-hydrogen) atoms. The van der Waals surface area contributed by atoms with Crippen molar-refractivity contribution in [3.05, 3.63) is 11.3 Å². The second kappa shape index (κ2) is 5.72. The first kappa shape index (κ1) is 16.1. The van der Waals surface area contributed by atoms with E-state index in [1.165, 1.54) is 4.90 Å². The minimum absolute atomic E-state index is 0.00413. The molecule has 5 atom stereocenters. The Bertz CT molecular complexity index is 585. The number of rotatable bonds is 5. The number of aliphatic carboxylic acids is 1. The van der Waals surface area contributed by atoms with E-state index in [9.17, 15) is 24.6 Å². The van der Waals surface area contributed by atoms with Gasteiger partial charge in [0.05, 0.1) is 18.1 Å². The Kier molecular flexibility index (Phi) is 4.01. The summed E-state index contributed by atoms with van der Waals surface area (Å²) in [5.74, 6) is -2.04. The number of carboxylic acids is 1. The zero-order valence-electron chi connectivity index (χ0n) is 13.3. The van der Waals surface area contributed by atoms with Gasteiger partial charge in [-0.1, -0.05) is 6.92 Å². The maximum atomic E-state index is 12.2. The maximum Gasteiger partial charge on any atom is 0.352 e. The summed E-state index contributed by atoms with van der Waals surface area (Å²) in [5, 5.41) is 19.4. The van der Waals surface area contributed by atoms with Crippen LogP contribution in [0.5, 0.6) is 0 Å². The smallest absolute Gasteiger partial charge is 0.352 e. The van der Waals surface area contributed by atoms with Crippen molar-refractivity contribution in [3.8, 4) is 0 Å². The molecule has 3 aliphatic heterocycles. The predicted octanol–water partition coefficient (Wildman–Crippen LogP) is -0.297. The molecule has 2 saturated heterocycles. The number of β-lactam (4-membered cyclic amide) rings is 1. The molecule has 0 aliphatic carbocycles. The maximum absolute atomic E-state index is 12.2. The molecule has 0 aromatic heterocycles. The number of carbonyl (C=O) groups is 3. The summed E-state index contributed by atoms with van der Waals surface area (Å²) < 4.78 is 0. The summed E-state index contributed by atoms with van der Waals surface area (Å²) in [4.78, 5) is 38.2. The van der Waals surface area contributed by atoms with Crippen molar-refractivity contribution in [2.75, 3.05) is 19.6 Å². The second-order valence-corrected chi connectivity index (χ2v) is 6.85. The fourth-order valence-electron chi connectivity index (χ4n) is 4.21. The molecule has 3 aliphatic rings. The molecule has 7 nitrogen and oxygen atoms in total. The molecule has 2 N–H and O–H groups in total. The van der Waals surface area contributed by atoms with Crippen LogP contribution in [0, 0.1) is 17.8 Å². The van der Waals surface area contributed by atoms with Crippen molar-refractivity contribution >= 4 is 18.2 Å². The van der Waals surface area contributed by atoms with Crippen LogP contribution in [0.25, 0.3) is 0 Å². The Morgan fingerprint density at radius 1 is 1.48 bits per heavy atom. The van der Waals surface area contributed by atoms with Gasteiger partial charge in [-0.05, 0) is 25.5 Å². The number of nitrogens with zero attached hydrogens (tertiary/aromatic N) is 2. The molecule has 0 aromatic rings. The van der Waals surface area contributed by atoms with Crippen molar-refractivity contribution in [1.82, 2.24) is 9.80 Å². The van der Waals surface area contributed by atoms with Crippen LogP contribution in [0.4, 0.5) is 0 Å². The minimum atomic E-state index is -1.10. The number of hydrogen-bond acceptors (Lipinski definition) is 5. The Hall–Kier alpha value is -1.73. The fourth-order valence-corrected chi connectivity index (χ4v) is 4.21. The topological polar surface area (TPSA) is 98.2 Å². The van der Waals surface area contributed by atoms with E-state index in [1.54, 1.807) is 6.92 Å². The molecule has 0 aromatic carbocycles. The van der Waals surface area contributed by atoms with Gasteiger partial charge in [-0.3, -0.25) is 9.69 Å². The van der Waals surface area contributed by atoms with Crippen molar-refractivity contribution in [1.29, 1.82) is 0 Å². The van der Waals surface area contributed by atoms with Crippen LogP contribution in [0.15, 0.2) is 11.3 Å². The van der Waals surface area contributed by atoms with Crippen molar-refractivity contribution in [2.45, 2.75) is 32.4 Å². The van der Waals surface area contributed by atoms with Crippen molar-refractivity contribution < 1.29 is 24.6 Å². The third kappa shape index (κ3) is 2.38. The highest BCUT2D eigenvalue weighted by Crippen LogP contribution is 2.47. The average molecular weight is 322 g/mol. The molecule has 2 fully saturated rings. The van der Waals surface area contributed by atoms with Crippen LogP contribution in [0.1, 0.15) is 20.3 Å². The first-order valence-electron chi connectivity index (χ1n) is 8.02. The van der Waals surface area contributed by atoms with Crippen LogP contribution in [-0.4, -0.2) is 70.0 Å². The Labute approximate surface area is 134 Å². The SMILES string of the molecule is C[C@@H](O)C1C(=O)N2C(C(=O)O)=C(CN3CC[C@H](C=O)C3)[C@H](C)C12. The molecule has 2 unspecified atom stereocenters. The van der Waals surface area contributed by atoms with Gasteiger partial charge in [-0.2, -0.15) is 0 Å². The summed E-state index contributed by atoms with van der Waals surface area (Å²) in [6, 6.07) is -0.270. The zero-order chi connectivity index (χ0) is 16.9. The van der Waals surface area contributed by atoms with Crippen LogP contribution < -0.4 is 0 Å². The highest BCUT2D eigenvalue weighted by molar-refractivity contribution is 6.00. The van der Waals surface area contributed by atoms with Crippen LogP contribution in [0.3, 0.4) is 0 Å². The van der Waals surface area contributed by atoms with E-state index in [0.717, 1.165) is 24.8 Å². The number of likely N-dealkylation sites (tertiary alicyclic amines) is 1. The molecule has 3 heterocycles. The molecular weight excluding hydrogens is 300 g/mol. The molecular formula is C16H22N2O5. The van der Waals surface area contributed by atoms with E-state index in [-0.39, 0.29) is 29.5 Å². The predicted molar refractivity (Wildman–Crippen MR) is 80.2 cm³/mol. The van der Waals surface area contributed by atoms with Gasteiger partial charge in [-0.25, -0.2) is 4.79 Å². The van der Waals surface area contributed by atoms with Crippen LogP contribution in [0.2, 0.25) is 0 Å². The highest BCUT2D eigenvalue weighted by Gasteiger charge is 2.59. The summed E-state index contributed by atoms with van der Waals surface area (Å²) in [6.45, 7) is 5.33. The lowest BCUT2D eigenvalue weighted by Crippen LogP contribution is -2.63. The van der Waals surface area contributed by atoms with E-state index >= 15 is 0 Å². The Balaban J connectivity index is 1.85. The lowest BCUT2D eigenvalue weighted by molar-refractivity contribution is -0.163. The number of fused-ring (bicyclic) bond motifs is 1. The fraction of sp³-hybridized carbons (Fsp3) is 0.688. The zero-order valence-corrected chi connectivity index (χ0v) is 13.3. The Morgan fingerprint density at radius 2 is 2.17 bits per heavy atom. The van der Waals surface area contributed by atoms with E-state index in [0.29, 0.717) is 13.1 Å². The van der Waals surface area contributed by atoms with Crippen molar-refractivity contribution in [3.63, 3.8) is 0 Å². The number of amides is 1. The van der Waals surface area contributed by atoms with Gasteiger partial charge in [0.1, 0.15) is 12.0 Å². The van der Waals surface area contributed by atoms with Gasteiger partial charge in [-0.15, -0.1) is 0 Å². The molecule has 7 heteroatoms. The summed E-state index contributed by atoms with van der Waals surface area (Å²) in [5.41, 5.74) is 0.796. The quantitative estimate of drug-likeness (QED) is 0.533. The van der Waals surface area contributed by atoms with Gasteiger partial charge in [0.15, 0.2) is 0 Å². The molecule has 126 valence electrons. The van der Waals surface area contributed by atoms with Gasteiger partial charge >= 0.3 is 5.97 Å². The molecule has 1 amide bonds. The summed E-state index contributed by atoms with van der Waals surface area (Å²) in [7, 11) is 0.